The molecule has 5 heteroatoms. The molecule has 0 saturated heterocycles. The van der Waals surface area contributed by atoms with Gasteiger partial charge in [0.05, 0.1) is 11.9 Å². The molecule has 1 N–H and O–H groups in total. The zero-order chi connectivity index (χ0) is 13.0. The zero-order valence-electron chi connectivity index (χ0n) is 10.6. The van der Waals surface area contributed by atoms with Crippen molar-refractivity contribution in [3.05, 3.63) is 47.8 Å². The Bertz CT molecular complexity index is 492. The number of hydrogen-bond donors (Lipinski definition) is 1. The molecule has 18 heavy (non-hydrogen) atoms. The average molecular weight is 248 g/mol. The SMILES string of the molecule is CNC(CCc1ccnn1C)c1ccc(F)cn1. The Morgan fingerprint density at radius 1 is 1.39 bits per heavy atom. The Morgan fingerprint density at radius 2 is 2.22 bits per heavy atom. The van der Waals surface area contributed by atoms with Gasteiger partial charge in [-0.3, -0.25) is 9.67 Å². The molecular weight excluding hydrogens is 231 g/mol. The lowest BCUT2D eigenvalue weighted by molar-refractivity contribution is 0.520. The van der Waals surface area contributed by atoms with Crippen LogP contribution in [0.25, 0.3) is 0 Å². The molecule has 0 amide bonds. The molecule has 0 radical (unpaired) electrons. The molecular formula is C13H17FN4. The van der Waals surface area contributed by atoms with Crippen LogP contribution in [0.2, 0.25) is 0 Å². The molecule has 0 saturated carbocycles. The van der Waals surface area contributed by atoms with E-state index in [1.165, 1.54) is 18.0 Å². The molecule has 0 aliphatic rings. The highest BCUT2D eigenvalue weighted by atomic mass is 19.1. The van der Waals surface area contributed by atoms with Gasteiger partial charge >= 0.3 is 0 Å². The second-order valence-corrected chi connectivity index (χ2v) is 4.23. The fraction of sp³-hybridized carbons (Fsp3) is 0.385. The summed E-state index contributed by atoms with van der Waals surface area (Å²) in [7, 11) is 3.82. The van der Waals surface area contributed by atoms with Crippen LogP contribution in [0.5, 0.6) is 0 Å². The maximum Gasteiger partial charge on any atom is 0.141 e. The van der Waals surface area contributed by atoms with Crippen LogP contribution >= 0.6 is 0 Å². The summed E-state index contributed by atoms with van der Waals surface area (Å²) in [6.45, 7) is 0. The lowest BCUT2D eigenvalue weighted by atomic mass is 10.1. The quantitative estimate of drug-likeness (QED) is 0.878. The third-order valence-electron chi connectivity index (χ3n) is 3.07. The van der Waals surface area contributed by atoms with Crippen LogP contribution in [0.3, 0.4) is 0 Å². The van der Waals surface area contributed by atoms with Gasteiger partial charge in [0, 0.05) is 25.0 Å². The van der Waals surface area contributed by atoms with Gasteiger partial charge in [0.25, 0.3) is 0 Å². The first-order chi connectivity index (χ1) is 8.70. The van der Waals surface area contributed by atoms with Gasteiger partial charge in [-0.25, -0.2) is 4.39 Å². The van der Waals surface area contributed by atoms with Crippen molar-refractivity contribution in [3.8, 4) is 0 Å². The topological polar surface area (TPSA) is 42.7 Å². The van der Waals surface area contributed by atoms with E-state index in [1.807, 2.05) is 24.8 Å². The van der Waals surface area contributed by atoms with Gasteiger partial charge in [-0.2, -0.15) is 5.10 Å². The Hall–Kier alpha value is -1.75. The monoisotopic (exact) mass is 248 g/mol. The molecule has 0 aliphatic heterocycles. The van der Waals surface area contributed by atoms with Crippen molar-refractivity contribution in [1.82, 2.24) is 20.1 Å². The van der Waals surface area contributed by atoms with Gasteiger partial charge in [-0.1, -0.05) is 0 Å². The largest absolute Gasteiger partial charge is 0.312 e. The number of aromatic nitrogens is 3. The number of pyridine rings is 1. The normalized spacial score (nSPS) is 12.6. The molecule has 96 valence electrons. The van der Waals surface area contributed by atoms with Crippen LogP contribution < -0.4 is 5.32 Å². The Kier molecular flexibility index (Phi) is 4.04. The maximum atomic E-state index is 12.8. The van der Waals surface area contributed by atoms with Crippen LogP contribution in [0.4, 0.5) is 4.39 Å². The van der Waals surface area contributed by atoms with Crippen LogP contribution in [-0.2, 0) is 13.5 Å². The zero-order valence-corrected chi connectivity index (χ0v) is 10.6. The second kappa shape index (κ2) is 5.73. The van der Waals surface area contributed by atoms with Gasteiger partial charge in [0.15, 0.2) is 0 Å². The molecule has 1 atom stereocenters. The van der Waals surface area contributed by atoms with Crippen LogP contribution in [-0.4, -0.2) is 21.8 Å². The summed E-state index contributed by atoms with van der Waals surface area (Å²) in [5.41, 5.74) is 2.04. The highest BCUT2D eigenvalue weighted by Gasteiger charge is 2.11. The molecule has 0 aromatic carbocycles. The Labute approximate surface area is 106 Å². The van der Waals surface area contributed by atoms with E-state index < -0.39 is 0 Å². The fourth-order valence-corrected chi connectivity index (χ4v) is 1.97. The van der Waals surface area contributed by atoms with E-state index in [0.29, 0.717) is 0 Å². The van der Waals surface area contributed by atoms with E-state index >= 15 is 0 Å². The number of aryl methyl sites for hydroxylation is 2. The van der Waals surface area contributed by atoms with E-state index in [1.54, 1.807) is 12.3 Å². The average Bonchev–Trinajstić information content (AvgIpc) is 2.78. The minimum Gasteiger partial charge on any atom is -0.312 e. The number of hydrogen-bond acceptors (Lipinski definition) is 3. The van der Waals surface area contributed by atoms with Crippen LogP contribution in [0, 0.1) is 5.82 Å². The molecule has 2 heterocycles. The standard InChI is InChI=1S/C13H17FN4/c1-15-12(13-5-3-10(14)9-16-13)6-4-11-7-8-17-18(11)2/h3,5,7-9,12,15H,4,6H2,1-2H3. The molecule has 0 fully saturated rings. The van der Waals surface area contributed by atoms with Crippen molar-refractivity contribution >= 4 is 0 Å². The lowest BCUT2D eigenvalue weighted by Crippen LogP contribution is -2.18. The predicted octanol–water partition coefficient (Wildman–Crippen LogP) is 1.85. The summed E-state index contributed by atoms with van der Waals surface area (Å²) in [6, 6.07) is 5.29. The molecule has 0 spiro atoms. The van der Waals surface area contributed by atoms with Crippen molar-refractivity contribution in [2.75, 3.05) is 7.05 Å². The van der Waals surface area contributed by atoms with E-state index in [0.717, 1.165) is 18.5 Å². The third-order valence-corrected chi connectivity index (χ3v) is 3.07. The molecule has 0 aliphatic carbocycles. The molecule has 4 nitrogen and oxygen atoms in total. The first kappa shape index (κ1) is 12.7. The van der Waals surface area contributed by atoms with Gasteiger partial charge < -0.3 is 5.32 Å². The van der Waals surface area contributed by atoms with Crippen molar-refractivity contribution in [1.29, 1.82) is 0 Å². The van der Waals surface area contributed by atoms with Gasteiger partial charge in [0.2, 0.25) is 0 Å². The molecule has 2 aromatic heterocycles. The van der Waals surface area contributed by atoms with E-state index in [4.69, 9.17) is 0 Å². The minimum absolute atomic E-state index is 0.125. The molecule has 1 unspecified atom stereocenters. The highest BCUT2D eigenvalue weighted by Crippen LogP contribution is 2.16. The number of nitrogens with one attached hydrogen (secondary N) is 1. The summed E-state index contributed by atoms with van der Waals surface area (Å²) in [4.78, 5) is 4.11. The number of halogens is 1. The first-order valence-electron chi connectivity index (χ1n) is 5.96. The van der Waals surface area contributed by atoms with E-state index in [2.05, 4.69) is 15.4 Å². The maximum absolute atomic E-state index is 12.8. The third kappa shape index (κ3) is 2.92. The second-order valence-electron chi connectivity index (χ2n) is 4.23. The summed E-state index contributed by atoms with van der Waals surface area (Å²) in [6.07, 6.45) is 4.85. The summed E-state index contributed by atoms with van der Waals surface area (Å²) < 4.78 is 14.7. The van der Waals surface area contributed by atoms with Crippen LogP contribution in [0.1, 0.15) is 23.9 Å². The molecule has 2 aromatic rings. The summed E-state index contributed by atoms with van der Waals surface area (Å²) in [5, 5.41) is 7.34. The smallest absolute Gasteiger partial charge is 0.141 e. The Balaban J connectivity index is 2.01. The predicted molar refractivity (Wildman–Crippen MR) is 67.5 cm³/mol. The van der Waals surface area contributed by atoms with Crippen molar-refractivity contribution < 1.29 is 4.39 Å². The van der Waals surface area contributed by atoms with Crippen LogP contribution in [0.15, 0.2) is 30.6 Å². The fourth-order valence-electron chi connectivity index (χ4n) is 1.97. The Morgan fingerprint density at radius 3 is 2.78 bits per heavy atom. The van der Waals surface area contributed by atoms with Crippen molar-refractivity contribution in [3.63, 3.8) is 0 Å². The van der Waals surface area contributed by atoms with Gasteiger partial charge in [-0.05, 0) is 38.1 Å². The number of nitrogens with zero attached hydrogens (tertiary/aromatic N) is 3. The van der Waals surface area contributed by atoms with Crippen molar-refractivity contribution in [2.24, 2.45) is 7.05 Å². The van der Waals surface area contributed by atoms with Gasteiger partial charge in [0.1, 0.15) is 5.82 Å². The summed E-state index contributed by atoms with van der Waals surface area (Å²) in [5.74, 6) is -0.305. The molecule has 2 rings (SSSR count). The summed E-state index contributed by atoms with van der Waals surface area (Å²) >= 11 is 0. The number of rotatable bonds is 5. The lowest BCUT2D eigenvalue weighted by Gasteiger charge is -2.15. The highest BCUT2D eigenvalue weighted by molar-refractivity contribution is 5.11. The van der Waals surface area contributed by atoms with E-state index in [-0.39, 0.29) is 11.9 Å². The minimum atomic E-state index is -0.305. The van der Waals surface area contributed by atoms with Gasteiger partial charge in [-0.15, -0.1) is 0 Å². The molecule has 0 bridgehead atoms. The first-order valence-corrected chi connectivity index (χ1v) is 5.96. The van der Waals surface area contributed by atoms with E-state index in [9.17, 15) is 4.39 Å². The van der Waals surface area contributed by atoms with Crippen molar-refractivity contribution in [2.45, 2.75) is 18.9 Å².